The first-order chi connectivity index (χ1) is 6.68. The van der Waals surface area contributed by atoms with Crippen LogP contribution in [-0.4, -0.2) is 33.6 Å². The predicted molar refractivity (Wildman–Crippen MR) is 47.9 cm³/mol. The van der Waals surface area contributed by atoms with Crippen LogP contribution >= 0.6 is 0 Å². The summed E-state index contributed by atoms with van der Waals surface area (Å²) in [5.41, 5.74) is 0.942. The van der Waals surface area contributed by atoms with Crippen molar-refractivity contribution in [2.45, 2.75) is 18.4 Å². The van der Waals surface area contributed by atoms with Crippen molar-refractivity contribution in [2.24, 2.45) is 7.05 Å². The third-order valence-electron chi connectivity index (χ3n) is 2.49. The minimum absolute atomic E-state index is 0.0544. The maximum absolute atomic E-state index is 10.8. The molecule has 14 heavy (non-hydrogen) atoms. The molecular formula is C9H12N2O3. The monoisotopic (exact) mass is 196 g/mol. The largest absolute Gasteiger partial charge is 0.479 e. The molecule has 76 valence electrons. The Bertz CT molecular complexity index is 348. The molecule has 5 heteroatoms. The van der Waals surface area contributed by atoms with Gasteiger partial charge in [-0.3, -0.25) is 4.68 Å². The van der Waals surface area contributed by atoms with E-state index in [4.69, 9.17) is 9.84 Å². The Balaban J connectivity index is 2.21. The molecule has 1 aliphatic heterocycles. The summed E-state index contributed by atoms with van der Waals surface area (Å²) in [6.45, 7) is 0.510. The molecule has 0 saturated carbocycles. The second-order valence-electron chi connectivity index (χ2n) is 3.47. The van der Waals surface area contributed by atoms with Crippen molar-refractivity contribution in [1.82, 2.24) is 9.78 Å². The van der Waals surface area contributed by atoms with Gasteiger partial charge in [-0.05, 0) is 12.0 Å². The number of aliphatic carboxylic acids is 1. The highest BCUT2D eigenvalue weighted by Crippen LogP contribution is 2.30. The van der Waals surface area contributed by atoms with E-state index in [1.54, 1.807) is 10.9 Å². The Kier molecular flexibility index (Phi) is 2.25. The maximum Gasteiger partial charge on any atom is 0.333 e. The normalized spacial score (nSPS) is 26.6. The average molecular weight is 196 g/mol. The van der Waals surface area contributed by atoms with Crippen molar-refractivity contribution in [3.05, 3.63) is 18.0 Å². The summed E-state index contributed by atoms with van der Waals surface area (Å²) in [6, 6.07) is 0. The van der Waals surface area contributed by atoms with Gasteiger partial charge < -0.3 is 9.84 Å². The smallest absolute Gasteiger partial charge is 0.333 e. The van der Waals surface area contributed by atoms with Gasteiger partial charge in [-0.1, -0.05) is 0 Å². The van der Waals surface area contributed by atoms with Crippen LogP contribution < -0.4 is 0 Å². The van der Waals surface area contributed by atoms with E-state index < -0.39 is 12.1 Å². The van der Waals surface area contributed by atoms with E-state index in [-0.39, 0.29) is 5.92 Å². The zero-order valence-corrected chi connectivity index (χ0v) is 7.88. The number of ether oxygens (including phenoxy) is 1. The first-order valence-corrected chi connectivity index (χ1v) is 4.51. The number of nitrogens with zero attached hydrogens (tertiary/aromatic N) is 2. The topological polar surface area (TPSA) is 64.3 Å². The predicted octanol–water partition coefficient (Wildman–Crippen LogP) is 0.377. The van der Waals surface area contributed by atoms with Crippen LogP contribution in [0.25, 0.3) is 0 Å². The van der Waals surface area contributed by atoms with Crippen molar-refractivity contribution in [2.75, 3.05) is 6.61 Å². The van der Waals surface area contributed by atoms with Crippen LogP contribution in [0.3, 0.4) is 0 Å². The van der Waals surface area contributed by atoms with Gasteiger partial charge >= 0.3 is 5.97 Å². The molecule has 2 heterocycles. The van der Waals surface area contributed by atoms with E-state index in [1.165, 1.54) is 0 Å². The van der Waals surface area contributed by atoms with Crippen LogP contribution in [0, 0.1) is 0 Å². The van der Waals surface area contributed by atoms with Gasteiger partial charge in [-0.25, -0.2) is 4.79 Å². The Morgan fingerprint density at radius 1 is 1.79 bits per heavy atom. The summed E-state index contributed by atoms with van der Waals surface area (Å²) in [5, 5.41) is 12.9. The molecule has 1 fully saturated rings. The van der Waals surface area contributed by atoms with Crippen LogP contribution in [0.15, 0.2) is 12.4 Å². The van der Waals surface area contributed by atoms with E-state index in [0.29, 0.717) is 6.61 Å². The number of aromatic nitrogens is 2. The number of aryl methyl sites for hydroxylation is 1. The van der Waals surface area contributed by atoms with Crippen LogP contribution in [-0.2, 0) is 16.6 Å². The molecule has 0 aromatic carbocycles. The average Bonchev–Trinajstić information content (AvgIpc) is 2.70. The first kappa shape index (κ1) is 9.21. The highest BCUT2D eigenvalue weighted by atomic mass is 16.5. The van der Waals surface area contributed by atoms with Gasteiger partial charge in [-0.15, -0.1) is 0 Å². The van der Waals surface area contributed by atoms with Crippen molar-refractivity contribution in [1.29, 1.82) is 0 Å². The molecule has 0 radical (unpaired) electrons. The summed E-state index contributed by atoms with van der Waals surface area (Å²) >= 11 is 0. The quantitative estimate of drug-likeness (QED) is 0.742. The molecule has 2 rings (SSSR count). The molecule has 1 saturated heterocycles. The third kappa shape index (κ3) is 1.50. The van der Waals surface area contributed by atoms with Crippen LogP contribution in [0.2, 0.25) is 0 Å². The lowest BCUT2D eigenvalue weighted by atomic mass is 9.95. The van der Waals surface area contributed by atoms with Gasteiger partial charge in [0, 0.05) is 25.8 Å². The van der Waals surface area contributed by atoms with Crippen molar-refractivity contribution in [3.63, 3.8) is 0 Å². The molecule has 2 atom stereocenters. The third-order valence-corrected chi connectivity index (χ3v) is 2.49. The number of hydrogen-bond acceptors (Lipinski definition) is 3. The summed E-state index contributed by atoms with van der Waals surface area (Å²) in [5.74, 6) is -0.947. The van der Waals surface area contributed by atoms with Crippen molar-refractivity contribution < 1.29 is 14.6 Å². The fourth-order valence-electron chi connectivity index (χ4n) is 1.81. The molecule has 0 amide bonds. The number of carboxylic acid groups (broad SMARTS) is 1. The SMILES string of the molecule is Cn1cc([C@@H]2CCO[C@@H]2C(=O)O)cn1. The van der Waals surface area contributed by atoms with E-state index >= 15 is 0 Å². The standard InChI is InChI=1S/C9H12N2O3/c1-11-5-6(4-10-11)7-2-3-14-8(7)9(12)13/h4-5,7-8H,2-3H2,1H3,(H,12,13)/t7-,8-/m0/s1. The van der Waals surface area contributed by atoms with Crippen molar-refractivity contribution in [3.8, 4) is 0 Å². The highest BCUT2D eigenvalue weighted by molar-refractivity contribution is 5.74. The molecule has 1 aromatic heterocycles. The molecule has 1 aliphatic rings. The summed E-state index contributed by atoms with van der Waals surface area (Å²) in [6.07, 6.45) is 3.59. The number of carbonyl (C=O) groups is 1. The highest BCUT2D eigenvalue weighted by Gasteiger charge is 2.35. The summed E-state index contributed by atoms with van der Waals surface area (Å²) in [7, 11) is 1.81. The number of carboxylic acids is 1. The van der Waals surface area contributed by atoms with Crippen LogP contribution in [0.5, 0.6) is 0 Å². The maximum atomic E-state index is 10.8. The fraction of sp³-hybridized carbons (Fsp3) is 0.556. The second kappa shape index (κ2) is 3.42. The molecule has 0 spiro atoms. The van der Waals surface area contributed by atoms with Crippen LogP contribution in [0.4, 0.5) is 0 Å². The molecule has 1 aromatic rings. The van der Waals surface area contributed by atoms with Gasteiger partial charge in [0.15, 0.2) is 6.10 Å². The van der Waals surface area contributed by atoms with E-state index in [1.807, 2.05) is 13.2 Å². The lowest BCUT2D eigenvalue weighted by Crippen LogP contribution is -2.24. The first-order valence-electron chi connectivity index (χ1n) is 4.51. The zero-order valence-electron chi connectivity index (χ0n) is 7.88. The lowest BCUT2D eigenvalue weighted by molar-refractivity contribution is -0.148. The molecule has 0 bridgehead atoms. The van der Waals surface area contributed by atoms with Gasteiger partial charge in [0.1, 0.15) is 0 Å². The number of rotatable bonds is 2. The second-order valence-corrected chi connectivity index (χ2v) is 3.47. The fourth-order valence-corrected chi connectivity index (χ4v) is 1.81. The Morgan fingerprint density at radius 3 is 3.14 bits per heavy atom. The van der Waals surface area contributed by atoms with E-state index in [0.717, 1.165) is 12.0 Å². The minimum atomic E-state index is -0.892. The van der Waals surface area contributed by atoms with Gasteiger partial charge in [0.25, 0.3) is 0 Å². The zero-order chi connectivity index (χ0) is 10.1. The van der Waals surface area contributed by atoms with Crippen LogP contribution in [0.1, 0.15) is 17.9 Å². The Hall–Kier alpha value is -1.36. The minimum Gasteiger partial charge on any atom is -0.479 e. The van der Waals surface area contributed by atoms with Gasteiger partial charge in [0.2, 0.25) is 0 Å². The van der Waals surface area contributed by atoms with E-state index in [2.05, 4.69) is 5.10 Å². The van der Waals surface area contributed by atoms with E-state index in [9.17, 15) is 4.79 Å². The molecule has 1 N–H and O–H groups in total. The number of hydrogen-bond donors (Lipinski definition) is 1. The lowest BCUT2D eigenvalue weighted by Gasteiger charge is -2.11. The van der Waals surface area contributed by atoms with Gasteiger partial charge in [-0.2, -0.15) is 5.10 Å². The molecule has 5 nitrogen and oxygen atoms in total. The Labute approximate surface area is 81.3 Å². The molecule has 0 aliphatic carbocycles. The van der Waals surface area contributed by atoms with Crippen molar-refractivity contribution >= 4 is 5.97 Å². The summed E-state index contributed by atoms with van der Waals surface area (Å²) < 4.78 is 6.83. The Morgan fingerprint density at radius 2 is 2.57 bits per heavy atom. The van der Waals surface area contributed by atoms with Gasteiger partial charge in [0.05, 0.1) is 6.20 Å². The molecule has 0 unspecified atom stereocenters. The summed E-state index contributed by atoms with van der Waals surface area (Å²) in [4.78, 5) is 10.8. The molecular weight excluding hydrogens is 184 g/mol.